The number of ether oxygens (including phenoxy) is 2. The van der Waals surface area contributed by atoms with Crippen molar-refractivity contribution in [2.24, 2.45) is 0 Å². The Kier molecular flexibility index (Phi) is 8.52. The summed E-state index contributed by atoms with van der Waals surface area (Å²) < 4.78 is 55.0. The second-order valence-electron chi connectivity index (χ2n) is 8.48. The van der Waals surface area contributed by atoms with Crippen molar-refractivity contribution in [3.05, 3.63) is 95.0 Å². The minimum atomic E-state index is -4.36. The van der Waals surface area contributed by atoms with E-state index in [9.17, 15) is 18.3 Å². The number of hydrogen-bond acceptors (Lipinski definition) is 7. The lowest BCUT2D eigenvalue weighted by Gasteiger charge is -2.23. The molecule has 0 aliphatic carbocycles. The molecule has 2 heterocycles. The number of aliphatic hydroxyl groups excluding tert-OH is 1. The second-order valence-corrected chi connectivity index (χ2v) is 8.48. The maximum absolute atomic E-state index is 12.7. The van der Waals surface area contributed by atoms with Crippen LogP contribution in [0, 0.1) is 6.92 Å². The van der Waals surface area contributed by atoms with E-state index in [-0.39, 0.29) is 19.4 Å². The first kappa shape index (κ1) is 26.3. The molecule has 7 nitrogen and oxygen atoms in total. The van der Waals surface area contributed by atoms with Gasteiger partial charge in [0.15, 0.2) is 0 Å². The lowest BCUT2D eigenvalue weighted by Crippen LogP contribution is -2.39. The van der Waals surface area contributed by atoms with Crippen molar-refractivity contribution in [2.45, 2.75) is 32.5 Å². The van der Waals surface area contributed by atoms with Crippen molar-refractivity contribution in [2.75, 3.05) is 19.8 Å². The third kappa shape index (κ3) is 7.37. The summed E-state index contributed by atoms with van der Waals surface area (Å²) in [5.74, 6) is 1.01. The Morgan fingerprint density at radius 3 is 2.68 bits per heavy atom. The van der Waals surface area contributed by atoms with Crippen molar-refractivity contribution in [1.29, 1.82) is 0 Å². The topological polar surface area (TPSA) is 80.0 Å². The fraction of sp³-hybridized carbons (Fsp3) is 0.296. The first-order chi connectivity index (χ1) is 17.8. The van der Waals surface area contributed by atoms with Crippen LogP contribution in [0.4, 0.5) is 13.2 Å². The van der Waals surface area contributed by atoms with Crippen LogP contribution in [0.2, 0.25) is 0 Å². The monoisotopic (exact) mass is 515 g/mol. The highest BCUT2D eigenvalue weighted by molar-refractivity contribution is 5.66. The summed E-state index contributed by atoms with van der Waals surface area (Å²) in [6.45, 7) is 3.90. The molecule has 0 radical (unpaired) electrons. The molecule has 196 valence electrons. The predicted octanol–water partition coefficient (Wildman–Crippen LogP) is 4.96. The number of halogens is 3. The zero-order valence-corrected chi connectivity index (χ0v) is 20.2. The Balaban J connectivity index is 1.22. The Labute approximate surface area is 212 Å². The van der Waals surface area contributed by atoms with E-state index in [4.69, 9.17) is 13.9 Å². The fourth-order valence-electron chi connectivity index (χ4n) is 3.68. The van der Waals surface area contributed by atoms with E-state index in [0.29, 0.717) is 42.7 Å². The zero-order chi connectivity index (χ0) is 26.3. The molecule has 1 atom stereocenters. The zero-order valence-electron chi connectivity index (χ0n) is 20.2. The average molecular weight is 516 g/mol. The van der Waals surface area contributed by atoms with Gasteiger partial charge < -0.3 is 29.2 Å². The molecule has 0 amide bonds. The van der Waals surface area contributed by atoms with Crippen LogP contribution >= 0.6 is 0 Å². The van der Waals surface area contributed by atoms with Crippen LogP contribution in [0.1, 0.15) is 33.8 Å². The summed E-state index contributed by atoms with van der Waals surface area (Å²) in [7, 11) is 0. The molecular weight excluding hydrogens is 487 g/mol. The molecule has 0 spiro atoms. The Bertz CT molecular complexity index is 1220. The molecule has 0 bridgehead atoms. The van der Waals surface area contributed by atoms with E-state index in [2.05, 4.69) is 10.3 Å². The average Bonchev–Trinajstić information content (AvgIpc) is 3.54. The number of oxazole rings is 1. The lowest BCUT2D eigenvalue weighted by atomic mass is 10.1. The molecule has 3 aromatic rings. The third-order valence-electron chi connectivity index (χ3n) is 5.81. The van der Waals surface area contributed by atoms with Gasteiger partial charge in [-0.15, -0.1) is 0 Å². The van der Waals surface area contributed by atoms with E-state index in [1.807, 2.05) is 42.4 Å². The van der Waals surface area contributed by atoms with Crippen LogP contribution < -0.4 is 10.1 Å². The molecule has 2 aromatic carbocycles. The quantitative estimate of drug-likeness (QED) is 0.350. The highest BCUT2D eigenvalue weighted by atomic mass is 19.4. The van der Waals surface area contributed by atoms with Crippen molar-refractivity contribution < 1.29 is 32.2 Å². The second kappa shape index (κ2) is 12.0. The Hall–Kier alpha value is -3.76. The summed E-state index contributed by atoms with van der Waals surface area (Å²) in [6.07, 6.45) is 3.95. The van der Waals surface area contributed by atoms with E-state index < -0.39 is 11.7 Å². The van der Waals surface area contributed by atoms with Crippen molar-refractivity contribution >= 4 is 12.2 Å². The summed E-state index contributed by atoms with van der Waals surface area (Å²) >= 11 is 0. The van der Waals surface area contributed by atoms with Crippen molar-refractivity contribution in [1.82, 2.24) is 15.2 Å². The van der Waals surface area contributed by atoms with E-state index in [1.165, 1.54) is 18.4 Å². The normalized spacial score (nSPS) is 15.5. The van der Waals surface area contributed by atoms with Crippen LogP contribution in [-0.2, 0) is 24.1 Å². The van der Waals surface area contributed by atoms with Gasteiger partial charge >= 0.3 is 6.18 Å². The van der Waals surface area contributed by atoms with Crippen LogP contribution in [0.25, 0.3) is 12.2 Å². The predicted molar refractivity (Wildman–Crippen MR) is 132 cm³/mol. The Morgan fingerprint density at radius 1 is 1.14 bits per heavy atom. The number of aromatic nitrogens is 1. The first-order valence-electron chi connectivity index (χ1n) is 11.7. The molecular formula is C27H28F3N3O4. The van der Waals surface area contributed by atoms with Crippen LogP contribution in [0.15, 0.2) is 65.5 Å². The SMILES string of the molecule is Cc1cc(OCc2coc(/C=C/c3ccc(C(F)(F)F)cc3)n2)ccc1COCCN1C=CNC1CO. The molecule has 1 aliphatic rings. The van der Waals surface area contributed by atoms with E-state index >= 15 is 0 Å². The highest BCUT2D eigenvalue weighted by Gasteiger charge is 2.29. The standard InChI is InChI=1S/C27H28F3N3O4/c1-19-14-24(8-5-21(19)16-35-13-12-33-11-10-31-25(33)15-34)36-17-23-18-37-26(32-23)9-4-20-2-6-22(7-3-20)27(28,29)30/h2-11,14,18,25,31,34H,12-13,15-17H2,1H3/b9-4+. The van der Waals surface area contributed by atoms with Crippen LogP contribution in [-0.4, -0.2) is 40.9 Å². The fourth-order valence-corrected chi connectivity index (χ4v) is 3.68. The number of aryl methyl sites for hydroxylation is 1. The summed E-state index contributed by atoms with van der Waals surface area (Å²) in [4.78, 5) is 6.31. The molecule has 1 unspecified atom stereocenters. The van der Waals surface area contributed by atoms with Gasteiger partial charge in [-0.3, -0.25) is 0 Å². The number of benzene rings is 2. The molecule has 10 heteroatoms. The van der Waals surface area contributed by atoms with Gasteiger partial charge in [0.25, 0.3) is 0 Å². The van der Waals surface area contributed by atoms with Gasteiger partial charge in [0.05, 0.1) is 25.4 Å². The molecule has 1 aromatic heterocycles. The number of aliphatic hydroxyl groups is 1. The summed E-state index contributed by atoms with van der Waals surface area (Å²) in [5, 5.41) is 12.4. The van der Waals surface area contributed by atoms with Gasteiger partial charge in [-0.25, -0.2) is 4.98 Å². The lowest BCUT2D eigenvalue weighted by molar-refractivity contribution is -0.137. The Morgan fingerprint density at radius 2 is 1.95 bits per heavy atom. The van der Waals surface area contributed by atoms with E-state index in [1.54, 1.807) is 12.2 Å². The van der Waals surface area contributed by atoms with Crippen LogP contribution in [0.3, 0.4) is 0 Å². The van der Waals surface area contributed by atoms with Gasteiger partial charge in [-0.1, -0.05) is 18.2 Å². The maximum Gasteiger partial charge on any atom is 0.416 e. The molecule has 37 heavy (non-hydrogen) atoms. The molecule has 1 aliphatic heterocycles. The largest absolute Gasteiger partial charge is 0.487 e. The summed E-state index contributed by atoms with van der Waals surface area (Å²) in [6, 6.07) is 10.6. The molecule has 0 fully saturated rings. The molecule has 0 saturated carbocycles. The number of alkyl halides is 3. The molecule has 2 N–H and O–H groups in total. The van der Waals surface area contributed by atoms with Crippen molar-refractivity contribution in [3.63, 3.8) is 0 Å². The van der Waals surface area contributed by atoms with Gasteiger partial charge in [0.2, 0.25) is 5.89 Å². The van der Waals surface area contributed by atoms with E-state index in [0.717, 1.165) is 23.3 Å². The minimum Gasteiger partial charge on any atom is -0.487 e. The van der Waals surface area contributed by atoms with Gasteiger partial charge in [-0.2, -0.15) is 13.2 Å². The first-order valence-corrected chi connectivity index (χ1v) is 11.7. The smallest absolute Gasteiger partial charge is 0.416 e. The van der Waals surface area contributed by atoms with Gasteiger partial charge in [0.1, 0.15) is 30.5 Å². The van der Waals surface area contributed by atoms with Crippen LogP contribution in [0.5, 0.6) is 5.75 Å². The summed E-state index contributed by atoms with van der Waals surface area (Å²) in [5.41, 5.74) is 2.58. The third-order valence-corrected chi connectivity index (χ3v) is 5.81. The minimum absolute atomic E-state index is 0.0304. The van der Waals surface area contributed by atoms with Gasteiger partial charge in [-0.05, 0) is 54.0 Å². The maximum atomic E-state index is 12.7. The number of nitrogens with one attached hydrogen (secondary N) is 1. The number of rotatable bonds is 11. The number of hydrogen-bond donors (Lipinski definition) is 2. The molecule has 4 rings (SSSR count). The highest BCUT2D eigenvalue weighted by Crippen LogP contribution is 2.29. The van der Waals surface area contributed by atoms with Crippen molar-refractivity contribution in [3.8, 4) is 5.75 Å². The number of nitrogens with zero attached hydrogens (tertiary/aromatic N) is 2. The molecule has 0 saturated heterocycles. The van der Waals surface area contributed by atoms with Gasteiger partial charge in [0, 0.05) is 25.0 Å².